The van der Waals surface area contributed by atoms with Crippen LogP contribution in [0.1, 0.15) is 33.1 Å². The Morgan fingerprint density at radius 1 is 1.39 bits per heavy atom. The largest absolute Gasteiger partial charge is 0.375 e. The predicted octanol–water partition coefficient (Wildman–Crippen LogP) is 2.82. The topological polar surface area (TPSA) is 32.8 Å². The quantitative estimate of drug-likeness (QED) is 0.858. The number of rotatable bonds is 3. The van der Waals surface area contributed by atoms with Crippen molar-refractivity contribution in [2.75, 3.05) is 25.2 Å². The zero-order chi connectivity index (χ0) is 16.6. The highest BCUT2D eigenvalue weighted by Gasteiger charge is 2.50. The van der Waals surface area contributed by atoms with Crippen LogP contribution in [0.5, 0.6) is 0 Å². The van der Waals surface area contributed by atoms with Gasteiger partial charge in [0.05, 0.1) is 12.1 Å². The molecule has 2 saturated heterocycles. The number of amides is 1. The zero-order valence-corrected chi connectivity index (χ0v) is 14.1. The van der Waals surface area contributed by atoms with E-state index in [4.69, 9.17) is 4.74 Å². The van der Waals surface area contributed by atoms with Crippen LogP contribution < -0.4 is 4.90 Å². The predicted molar refractivity (Wildman–Crippen MR) is 88.0 cm³/mol. The lowest BCUT2D eigenvalue weighted by Crippen LogP contribution is -2.53. The lowest BCUT2D eigenvalue weighted by molar-refractivity contribution is -0.138. The summed E-state index contributed by atoms with van der Waals surface area (Å²) < 4.78 is 18.7. The average molecular weight is 320 g/mol. The van der Waals surface area contributed by atoms with Gasteiger partial charge >= 0.3 is 0 Å². The van der Waals surface area contributed by atoms with Crippen molar-refractivity contribution in [3.05, 3.63) is 30.1 Å². The highest BCUT2D eigenvalue weighted by atomic mass is 19.1. The number of nitrogens with zero attached hydrogens (tertiary/aromatic N) is 2. The van der Waals surface area contributed by atoms with E-state index in [-0.39, 0.29) is 36.0 Å². The standard InChI is InChI=1S/C18H25FN2O2/c1-18(2)11-16-15(8-5-9-20(16)17(22)12-23-3)21(18)14-7-4-6-13(19)10-14/h4,6-7,10,15-16H,5,8-9,11-12H2,1-3H3/t15-,16-/m0/s1. The van der Waals surface area contributed by atoms with Crippen LogP contribution in [0.3, 0.4) is 0 Å². The molecule has 23 heavy (non-hydrogen) atoms. The van der Waals surface area contributed by atoms with Gasteiger partial charge in [0.2, 0.25) is 5.91 Å². The summed E-state index contributed by atoms with van der Waals surface area (Å²) in [6.07, 6.45) is 2.89. The number of piperidine rings is 1. The van der Waals surface area contributed by atoms with Crippen molar-refractivity contribution in [2.24, 2.45) is 0 Å². The number of carbonyl (C=O) groups is 1. The molecule has 0 radical (unpaired) electrons. The van der Waals surface area contributed by atoms with E-state index in [1.807, 2.05) is 11.0 Å². The highest BCUT2D eigenvalue weighted by molar-refractivity contribution is 5.78. The Balaban J connectivity index is 1.92. The lowest BCUT2D eigenvalue weighted by Gasteiger charge is -2.42. The fraction of sp³-hybridized carbons (Fsp3) is 0.611. The van der Waals surface area contributed by atoms with E-state index in [1.165, 1.54) is 6.07 Å². The Kier molecular flexibility index (Phi) is 4.32. The molecule has 0 saturated carbocycles. The van der Waals surface area contributed by atoms with Crippen molar-refractivity contribution in [2.45, 2.75) is 50.7 Å². The van der Waals surface area contributed by atoms with Crippen LogP contribution in [0, 0.1) is 5.82 Å². The SMILES string of the molecule is COCC(=O)N1CCC[C@H]2[C@@H]1CC(C)(C)N2c1cccc(F)c1. The van der Waals surface area contributed by atoms with Crippen molar-refractivity contribution in [1.29, 1.82) is 0 Å². The summed E-state index contributed by atoms with van der Waals surface area (Å²) in [6.45, 7) is 5.27. The summed E-state index contributed by atoms with van der Waals surface area (Å²) in [5.74, 6) is -0.163. The van der Waals surface area contributed by atoms with E-state index in [0.717, 1.165) is 31.5 Å². The zero-order valence-electron chi connectivity index (χ0n) is 14.1. The second-order valence-corrected chi connectivity index (χ2v) is 7.16. The first-order valence-electron chi connectivity index (χ1n) is 8.27. The van der Waals surface area contributed by atoms with E-state index in [9.17, 15) is 9.18 Å². The van der Waals surface area contributed by atoms with Crippen LogP contribution in [0.15, 0.2) is 24.3 Å². The molecule has 1 aromatic carbocycles. The van der Waals surface area contributed by atoms with Gasteiger partial charge in [-0.25, -0.2) is 4.39 Å². The highest BCUT2D eigenvalue weighted by Crippen LogP contribution is 2.43. The molecule has 0 aliphatic carbocycles. The van der Waals surface area contributed by atoms with E-state index in [2.05, 4.69) is 18.7 Å². The van der Waals surface area contributed by atoms with E-state index >= 15 is 0 Å². The average Bonchev–Trinajstić information content (AvgIpc) is 2.76. The summed E-state index contributed by atoms with van der Waals surface area (Å²) in [5, 5.41) is 0. The Morgan fingerprint density at radius 2 is 2.17 bits per heavy atom. The summed E-state index contributed by atoms with van der Waals surface area (Å²) in [7, 11) is 1.55. The number of benzene rings is 1. The molecule has 2 atom stereocenters. The molecule has 2 heterocycles. The molecule has 2 aliphatic heterocycles. The molecule has 1 aromatic rings. The molecule has 0 aromatic heterocycles. The van der Waals surface area contributed by atoms with Crippen LogP contribution in [-0.2, 0) is 9.53 Å². The lowest BCUT2D eigenvalue weighted by atomic mass is 9.94. The van der Waals surface area contributed by atoms with E-state index < -0.39 is 0 Å². The minimum atomic E-state index is -0.218. The Labute approximate surface area is 137 Å². The van der Waals surface area contributed by atoms with Gasteiger partial charge < -0.3 is 14.5 Å². The molecular formula is C18H25FN2O2. The number of anilines is 1. The first-order valence-corrected chi connectivity index (χ1v) is 8.27. The van der Waals surface area contributed by atoms with Gasteiger partial charge in [0.25, 0.3) is 0 Å². The van der Waals surface area contributed by atoms with Gasteiger partial charge in [-0.15, -0.1) is 0 Å². The van der Waals surface area contributed by atoms with Crippen molar-refractivity contribution in [3.8, 4) is 0 Å². The fourth-order valence-corrected chi connectivity index (χ4v) is 4.33. The number of fused-ring (bicyclic) bond motifs is 1. The van der Waals surface area contributed by atoms with Gasteiger partial charge in [0, 0.05) is 24.9 Å². The summed E-state index contributed by atoms with van der Waals surface area (Å²) >= 11 is 0. The van der Waals surface area contributed by atoms with Crippen LogP contribution >= 0.6 is 0 Å². The number of methoxy groups -OCH3 is 1. The third-order valence-electron chi connectivity index (χ3n) is 5.11. The molecule has 0 spiro atoms. The van der Waals surface area contributed by atoms with Crippen LogP contribution in [0.25, 0.3) is 0 Å². The third-order valence-corrected chi connectivity index (χ3v) is 5.11. The molecule has 2 aliphatic rings. The van der Waals surface area contributed by atoms with Crippen molar-refractivity contribution in [3.63, 3.8) is 0 Å². The number of halogens is 1. The van der Waals surface area contributed by atoms with Gasteiger partial charge in [0.1, 0.15) is 12.4 Å². The molecular weight excluding hydrogens is 295 g/mol. The minimum absolute atomic E-state index is 0.0547. The number of hydrogen-bond donors (Lipinski definition) is 0. The van der Waals surface area contributed by atoms with Crippen molar-refractivity contribution in [1.82, 2.24) is 4.90 Å². The maximum absolute atomic E-state index is 13.7. The molecule has 0 unspecified atom stereocenters. The summed E-state index contributed by atoms with van der Waals surface area (Å²) in [5.41, 5.74) is 0.794. The fourth-order valence-electron chi connectivity index (χ4n) is 4.33. The molecule has 3 rings (SSSR count). The molecule has 126 valence electrons. The summed E-state index contributed by atoms with van der Waals surface area (Å²) in [6, 6.07) is 7.19. The van der Waals surface area contributed by atoms with Crippen molar-refractivity contribution >= 4 is 11.6 Å². The summed E-state index contributed by atoms with van der Waals surface area (Å²) in [4.78, 5) is 16.7. The van der Waals surface area contributed by atoms with Gasteiger partial charge in [-0.3, -0.25) is 4.79 Å². The second kappa shape index (κ2) is 6.11. The molecule has 0 bridgehead atoms. The molecule has 4 nitrogen and oxygen atoms in total. The minimum Gasteiger partial charge on any atom is -0.375 e. The molecule has 1 amide bonds. The van der Waals surface area contributed by atoms with Crippen LogP contribution in [-0.4, -0.2) is 48.7 Å². The third kappa shape index (κ3) is 2.94. The van der Waals surface area contributed by atoms with E-state index in [0.29, 0.717) is 0 Å². The number of hydrogen-bond acceptors (Lipinski definition) is 3. The monoisotopic (exact) mass is 320 g/mol. The van der Waals surface area contributed by atoms with Gasteiger partial charge in [0.15, 0.2) is 0 Å². The number of carbonyl (C=O) groups excluding carboxylic acids is 1. The molecule has 2 fully saturated rings. The smallest absolute Gasteiger partial charge is 0.248 e. The van der Waals surface area contributed by atoms with Gasteiger partial charge in [-0.05, 0) is 51.3 Å². The Morgan fingerprint density at radius 3 is 2.87 bits per heavy atom. The first-order chi connectivity index (χ1) is 10.9. The number of likely N-dealkylation sites (tertiary alicyclic amines) is 1. The van der Waals surface area contributed by atoms with Crippen molar-refractivity contribution < 1.29 is 13.9 Å². The first kappa shape index (κ1) is 16.2. The molecule has 0 N–H and O–H groups in total. The molecule has 5 heteroatoms. The maximum atomic E-state index is 13.7. The van der Waals surface area contributed by atoms with Crippen LogP contribution in [0.4, 0.5) is 10.1 Å². The Hall–Kier alpha value is -1.62. The second-order valence-electron chi connectivity index (χ2n) is 7.16. The Bertz CT molecular complexity index is 590. The van der Waals surface area contributed by atoms with E-state index in [1.54, 1.807) is 19.2 Å². The maximum Gasteiger partial charge on any atom is 0.248 e. The van der Waals surface area contributed by atoms with Gasteiger partial charge in [-0.2, -0.15) is 0 Å². The van der Waals surface area contributed by atoms with Crippen LogP contribution in [0.2, 0.25) is 0 Å². The van der Waals surface area contributed by atoms with Gasteiger partial charge in [-0.1, -0.05) is 6.07 Å². The number of ether oxygens (including phenoxy) is 1. The normalized spacial score (nSPS) is 26.3.